The van der Waals surface area contributed by atoms with Crippen LogP contribution in [0.5, 0.6) is 0 Å². The van der Waals surface area contributed by atoms with E-state index in [1.54, 1.807) is 0 Å². The number of hydrogen-bond donors (Lipinski definition) is 2. The molecule has 0 saturated carbocycles. The molecular formula is C13H19FN2O. The van der Waals surface area contributed by atoms with Gasteiger partial charge in [0.05, 0.1) is 12.8 Å². The first-order chi connectivity index (χ1) is 8.20. The summed E-state index contributed by atoms with van der Waals surface area (Å²) in [6.07, 6.45) is 0.776. The van der Waals surface area contributed by atoms with Gasteiger partial charge in [-0.2, -0.15) is 0 Å². The molecule has 2 atom stereocenters. The summed E-state index contributed by atoms with van der Waals surface area (Å²) in [5, 5.41) is 9.80. The Morgan fingerprint density at radius 1 is 1.35 bits per heavy atom. The average Bonchev–Trinajstić information content (AvgIpc) is 2.33. The first-order valence-electron chi connectivity index (χ1n) is 6.05. The molecule has 2 rings (SSSR count). The van der Waals surface area contributed by atoms with Crippen LogP contribution in [0.25, 0.3) is 0 Å². The number of nitrogens with two attached hydrogens (primary N) is 1. The Hall–Kier alpha value is -1.29. The Balaban J connectivity index is 2.04. The maximum Gasteiger partial charge on any atom is 0.0898 e. The van der Waals surface area contributed by atoms with Gasteiger partial charge >= 0.3 is 0 Å². The topological polar surface area (TPSA) is 49.5 Å². The molecule has 0 bridgehead atoms. The van der Waals surface area contributed by atoms with Crippen LogP contribution >= 0.6 is 0 Å². The van der Waals surface area contributed by atoms with E-state index in [2.05, 4.69) is 4.90 Å². The summed E-state index contributed by atoms with van der Waals surface area (Å²) in [5.74, 6) is 0.0336. The van der Waals surface area contributed by atoms with Gasteiger partial charge in [0, 0.05) is 30.4 Å². The van der Waals surface area contributed by atoms with E-state index in [0.717, 1.165) is 24.5 Å². The highest BCUT2D eigenvalue weighted by Gasteiger charge is 2.27. The first-order valence-corrected chi connectivity index (χ1v) is 6.05. The summed E-state index contributed by atoms with van der Waals surface area (Å²) in [5.41, 5.74) is 7.48. The minimum absolute atomic E-state index is 0.0336. The van der Waals surface area contributed by atoms with Crippen molar-refractivity contribution in [2.24, 2.45) is 5.92 Å². The zero-order chi connectivity index (χ0) is 12.3. The monoisotopic (exact) mass is 238 g/mol. The van der Waals surface area contributed by atoms with E-state index in [-0.39, 0.29) is 18.7 Å². The first kappa shape index (κ1) is 12.2. The number of nitrogen functional groups attached to an aromatic ring is 1. The lowest BCUT2D eigenvalue weighted by molar-refractivity contribution is 0.0794. The van der Waals surface area contributed by atoms with Crippen molar-refractivity contribution in [3.05, 3.63) is 24.3 Å². The molecule has 1 fully saturated rings. The summed E-state index contributed by atoms with van der Waals surface area (Å²) in [6.45, 7) is 1.17. The number of alkyl halides is 1. The Morgan fingerprint density at radius 3 is 2.71 bits per heavy atom. The van der Waals surface area contributed by atoms with Crippen molar-refractivity contribution in [1.82, 2.24) is 0 Å². The minimum Gasteiger partial charge on any atom is -0.399 e. The van der Waals surface area contributed by atoms with E-state index in [4.69, 9.17) is 5.73 Å². The van der Waals surface area contributed by atoms with Crippen LogP contribution < -0.4 is 10.6 Å². The lowest BCUT2D eigenvalue weighted by Gasteiger charge is -2.37. The van der Waals surface area contributed by atoms with Crippen molar-refractivity contribution in [2.75, 3.05) is 30.4 Å². The number of rotatable bonds is 3. The summed E-state index contributed by atoms with van der Waals surface area (Å²) in [6, 6.07) is 7.67. The SMILES string of the molecule is Nc1ccc(N2CC[C@@H](O)[C@@H](CCF)C2)cc1. The normalized spacial score (nSPS) is 24.9. The van der Waals surface area contributed by atoms with E-state index in [1.165, 1.54) is 0 Å². The van der Waals surface area contributed by atoms with Gasteiger partial charge in [0.25, 0.3) is 0 Å². The number of benzene rings is 1. The quantitative estimate of drug-likeness (QED) is 0.790. The average molecular weight is 238 g/mol. The van der Waals surface area contributed by atoms with Crippen LogP contribution in [-0.2, 0) is 0 Å². The fraction of sp³-hybridized carbons (Fsp3) is 0.538. The molecule has 0 unspecified atom stereocenters. The number of aliphatic hydroxyl groups is 1. The summed E-state index contributed by atoms with van der Waals surface area (Å²) < 4.78 is 12.4. The molecule has 1 heterocycles. The maximum atomic E-state index is 12.4. The highest BCUT2D eigenvalue weighted by atomic mass is 19.1. The number of halogens is 1. The zero-order valence-corrected chi connectivity index (χ0v) is 9.85. The second kappa shape index (κ2) is 5.36. The van der Waals surface area contributed by atoms with Gasteiger partial charge in [-0.05, 0) is 37.1 Å². The van der Waals surface area contributed by atoms with Gasteiger partial charge in [0.15, 0.2) is 0 Å². The molecule has 17 heavy (non-hydrogen) atoms. The van der Waals surface area contributed by atoms with Gasteiger partial charge in [-0.25, -0.2) is 0 Å². The number of piperidine rings is 1. The molecule has 4 heteroatoms. The highest BCUT2D eigenvalue weighted by molar-refractivity contribution is 5.53. The van der Waals surface area contributed by atoms with Crippen LogP contribution in [0.1, 0.15) is 12.8 Å². The predicted molar refractivity (Wildman–Crippen MR) is 67.8 cm³/mol. The van der Waals surface area contributed by atoms with Crippen molar-refractivity contribution in [3.8, 4) is 0 Å². The molecule has 1 aliphatic heterocycles. The van der Waals surface area contributed by atoms with E-state index in [1.807, 2.05) is 24.3 Å². The summed E-state index contributed by atoms with van der Waals surface area (Å²) in [4.78, 5) is 2.19. The molecule has 0 aliphatic carbocycles. The van der Waals surface area contributed by atoms with Crippen LogP contribution in [0.15, 0.2) is 24.3 Å². The van der Waals surface area contributed by atoms with Gasteiger partial charge in [-0.3, -0.25) is 4.39 Å². The second-order valence-corrected chi connectivity index (χ2v) is 4.63. The van der Waals surface area contributed by atoms with E-state index in [0.29, 0.717) is 12.8 Å². The number of aliphatic hydroxyl groups excluding tert-OH is 1. The largest absolute Gasteiger partial charge is 0.399 e. The van der Waals surface area contributed by atoms with Crippen molar-refractivity contribution in [2.45, 2.75) is 18.9 Å². The molecule has 3 nitrogen and oxygen atoms in total. The molecule has 0 amide bonds. The van der Waals surface area contributed by atoms with Crippen molar-refractivity contribution in [1.29, 1.82) is 0 Å². The van der Waals surface area contributed by atoms with Gasteiger partial charge in [0.2, 0.25) is 0 Å². The Bertz CT molecular complexity index is 355. The van der Waals surface area contributed by atoms with Gasteiger partial charge in [-0.1, -0.05) is 0 Å². The minimum atomic E-state index is -0.365. The zero-order valence-electron chi connectivity index (χ0n) is 9.85. The third kappa shape index (κ3) is 2.88. The van der Waals surface area contributed by atoms with E-state index < -0.39 is 0 Å². The third-order valence-corrected chi connectivity index (χ3v) is 3.43. The number of hydrogen-bond acceptors (Lipinski definition) is 3. The second-order valence-electron chi connectivity index (χ2n) is 4.63. The van der Waals surface area contributed by atoms with E-state index >= 15 is 0 Å². The van der Waals surface area contributed by atoms with Crippen LogP contribution in [0.4, 0.5) is 15.8 Å². The molecule has 1 aromatic rings. The van der Waals surface area contributed by atoms with Gasteiger partial charge in [0.1, 0.15) is 0 Å². The third-order valence-electron chi connectivity index (χ3n) is 3.43. The Kier molecular flexibility index (Phi) is 3.84. The maximum absolute atomic E-state index is 12.4. The molecule has 0 radical (unpaired) electrons. The van der Waals surface area contributed by atoms with Crippen LogP contribution in [0, 0.1) is 5.92 Å². The van der Waals surface area contributed by atoms with Crippen molar-refractivity contribution < 1.29 is 9.50 Å². The van der Waals surface area contributed by atoms with E-state index in [9.17, 15) is 9.50 Å². The fourth-order valence-corrected chi connectivity index (χ4v) is 2.36. The lowest BCUT2D eigenvalue weighted by atomic mass is 9.92. The standard InChI is InChI=1S/C13H19FN2O/c14-7-5-10-9-16(8-6-13(10)17)12-3-1-11(15)2-4-12/h1-4,10,13,17H,5-9,15H2/t10-,13+/m0/s1. The molecule has 0 aromatic heterocycles. The van der Waals surface area contributed by atoms with Crippen molar-refractivity contribution in [3.63, 3.8) is 0 Å². The molecule has 1 saturated heterocycles. The summed E-state index contributed by atoms with van der Waals surface area (Å²) in [7, 11) is 0. The molecule has 1 aliphatic rings. The molecule has 3 N–H and O–H groups in total. The van der Waals surface area contributed by atoms with Gasteiger partial charge < -0.3 is 15.7 Å². The van der Waals surface area contributed by atoms with Crippen LogP contribution in [-0.4, -0.2) is 31.0 Å². The lowest BCUT2D eigenvalue weighted by Crippen LogP contribution is -2.43. The number of nitrogens with zero attached hydrogens (tertiary/aromatic N) is 1. The molecular weight excluding hydrogens is 219 g/mol. The van der Waals surface area contributed by atoms with Crippen LogP contribution in [0.3, 0.4) is 0 Å². The van der Waals surface area contributed by atoms with Crippen molar-refractivity contribution >= 4 is 11.4 Å². The Morgan fingerprint density at radius 2 is 2.06 bits per heavy atom. The van der Waals surface area contributed by atoms with Crippen LogP contribution in [0.2, 0.25) is 0 Å². The number of anilines is 2. The molecule has 0 spiro atoms. The Labute approximate surface area is 101 Å². The predicted octanol–water partition coefficient (Wildman–Crippen LogP) is 1.82. The smallest absolute Gasteiger partial charge is 0.0898 e. The highest BCUT2D eigenvalue weighted by Crippen LogP contribution is 2.26. The summed E-state index contributed by atoms with van der Waals surface area (Å²) >= 11 is 0. The molecule has 94 valence electrons. The molecule has 1 aromatic carbocycles. The fourth-order valence-electron chi connectivity index (χ4n) is 2.36. The van der Waals surface area contributed by atoms with Gasteiger partial charge in [-0.15, -0.1) is 0 Å².